The first kappa shape index (κ1) is 19.8. The van der Waals surface area contributed by atoms with Crippen LogP contribution in [0.3, 0.4) is 0 Å². The zero-order chi connectivity index (χ0) is 20.1. The molecule has 0 aliphatic carbocycles. The number of halogens is 1. The van der Waals surface area contributed by atoms with Crippen molar-refractivity contribution in [3.63, 3.8) is 0 Å². The van der Waals surface area contributed by atoms with Gasteiger partial charge in [0.1, 0.15) is 13.2 Å². The van der Waals surface area contributed by atoms with E-state index in [1.807, 2.05) is 42.5 Å². The lowest BCUT2D eigenvalue weighted by Gasteiger charge is -2.26. The van der Waals surface area contributed by atoms with Crippen LogP contribution in [0.25, 0.3) is 10.9 Å². The fraction of sp³-hybridized carbons (Fsp3) is 0.318. The smallest absolute Gasteiger partial charge is 0.163 e. The van der Waals surface area contributed by atoms with Crippen molar-refractivity contribution in [2.45, 2.75) is 6.61 Å². The highest BCUT2D eigenvalue weighted by Gasteiger charge is 2.14. The highest BCUT2D eigenvalue weighted by atomic mass is 35.5. The van der Waals surface area contributed by atoms with Gasteiger partial charge in [-0.1, -0.05) is 41.9 Å². The van der Waals surface area contributed by atoms with Gasteiger partial charge in [0.25, 0.3) is 0 Å². The first-order valence-corrected chi connectivity index (χ1v) is 10.1. The van der Waals surface area contributed by atoms with Gasteiger partial charge in [-0.15, -0.1) is 0 Å². The van der Waals surface area contributed by atoms with Gasteiger partial charge in [0.05, 0.1) is 35.6 Å². The number of rotatable bonds is 7. The molecule has 0 amide bonds. The highest BCUT2D eigenvalue weighted by molar-refractivity contribution is 6.37. The molecule has 0 spiro atoms. The molecule has 0 radical (unpaired) electrons. The van der Waals surface area contributed by atoms with Gasteiger partial charge in [-0.25, -0.2) is 0 Å². The number of ether oxygens (including phenoxy) is 3. The number of nitrogens with zero attached hydrogens (tertiary/aromatic N) is 2. The summed E-state index contributed by atoms with van der Waals surface area (Å²) in [5.74, 6) is 1.27. The summed E-state index contributed by atoms with van der Waals surface area (Å²) in [6.45, 7) is 5.20. The van der Waals surface area contributed by atoms with Crippen LogP contribution in [0.2, 0.25) is 5.02 Å². The van der Waals surface area contributed by atoms with Crippen LogP contribution in [0.1, 0.15) is 5.56 Å². The standard InChI is InChI=1S/C22H24ClN3O3/c23-22-17-12-20(29-15-16-4-2-1-3-5-16)21(13-19(17)25-14-18(22)24)28-11-8-26-6-9-27-10-7-26/h1-5,12-14H,6-11,15,24H2. The lowest BCUT2D eigenvalue weighted by Crippen LogP contribution is -2.38. The topological polar surface area (TPSA) is 69.8 Å². The fourth-order valence-corrected chi connectivity index (χ4v) is 3.45. The summed E-state index contributed by atoms with van der Waals surface area (Å²) in [6, 6.07) is 13.7. The number of nitrogens with two attached hydrogens (primary N) is 1. The Bertz CT molecular complexity index is 962. The van der Waals surface area contributed by atoms with E-state index < -0.39 is 0 Å². The number of morpholine rings is 1. The predicted molar refractivity (Wildman–Crippen MR) is 115 cm³/mol. The maximum atomic E-state index is 6.39. The second-order valence-electron chi connectivity index (χ2n) is 6.92. The van der Waals surface area contributed by atoms with E-state index in [0.717, 1.165) is 49.3 Å². The third-order valence-corrected chi connectivity index (χ3v) is 5.32. The molecule has 2 aromatic carbocycles. The molecule has 2 heterocycles. The molecular weight excluding hydrogens is 390 g/mol. The number of pyridine rings is 1. The lowest BCUT2D eigenvalue weighted by molar-refractivity contribution is 0.0320. The zero-order valence-electron chi connectivity index (χ0n) is 16.1. The van der Waals surface area contributed by atoms with Gasteiger partial charge in [0.15, 0.2) is 11.5 Å². The van der Waals surface area contributed by atoms with Crippen LogP contribution in [-0.4, -0.2) is 49.3 Å². The third-order valence-electron chi connectivity index (χ3n) is 4.90. The van der Waals surface area contributed by atoms with Crippen LogP contribution in [0.5, 0.6) is 11.5 Å². The van der Waals surface area contributed by atoms with Crippen molar-refractivity contribution in [1.82, 2.24) is 9.88 Å². The summed E-state index contributed by atoms with van der Waals surface area (Å²) in [4.78, 5) is 6.71. The molecule has 1 fully saturated rings. The van der Waals surface area contributed by atoms with Crippen molar-refractivity contribution < 1.29 is 14.2 Å². The van der Waals surface area contributed by atoms with Gasteiger partial charge >= 0.3 is 0 Å². The molecule has 1 saturated heterocycles. The number of hydrogen-bond donors (Lipinski definition) is 1. The van der Waals surface area contributed by atoms with Crippen molar-refractivity contribution in [3.8, 4) is 11.5 Å². The van der Waals surface area contributed by atoms with Crippen molar-refractivity contribution in [2.24, 2.45) is 0 Å². The van der Waals surface area contributed by atoms with E-state index in [4.69, 9.17) is 31.5 Å². The Hall–Kier alpha value is -2.54. The Labute approximate surface area is 175 Å². The molecule has 0 atom stereocenters. The zero-order valence-corrected chi connectivity index (χ0v) is 16.9. The van der Waals surface area contributed by atoms with E-state index in [2.05, 4.69) is 9.88 Å². The molecule has 1 aromatic heterocycles. The van der Waals surface area contributed by atoms with E-state index in [1.165, 1.54) is 0 Å². The minimum atomic E-state index is 0.430. The van der Waals surface area contributed by atoms with Gasteiger partial charge in [-0.2, -0.15) is 0 Å². The second-order valence-corrected chi connectivity index (χ2v) is 7.30. The maximum absolute atomic E-state index is 6.39. The van der Waals surface area contributed by atoms with Crippen molar-refractivity contribution in [2.75, 3.05) is 45.2 Å². The van der Waals surface area contributed by atoms with E-state index in [0.29, 0.717) is 35.4 Å². The molecule has 152 valence electrons. The number of nitrogen functional groups attached to an aromatic ring is 1. The summed E-state index contributed by atoms with van der Waals surface area (Å²) in [5.41, 5.74) is 8.15. The Morgan fingerprint density at radius 1 is 1.07 bits per heavy atom. The Kier molecular flexibility index (Phi) is 6.34. The van der Waals surface area contributed by atoms with Crippen molar-refractivity contribution >= 4 is 28.2 Å². The molecule has 7 heteroatoms. The van der Waals surface area contributed by atoms with Crippen molar-refractivity contribution in [1.29, 1.82) is 0 Å². The SMILES string of the molecule is Nc1cnc2cc(OCCN3CCOCC3)c(OCc3ccccc3)cc2c1Cl. The number of aromatic nitrogens is 1. The molecule has 0 bridgehead atoms. The highest BCUT2D eigenvalue weighted by Crippen LogP contribution is 2.37. The van der Waals surface area contributed by atoms with E-state index in [1.54, 1.807) is 6.20 Å². The molecule has 3 aromatic rings. The van der Waals surface area contributed by atoms with Crippen LogP contribution >= 0.6 is 11.6 Å². The first-order chi connectivity index (χ1) is 14.2. The van der Waals surface area contributed by atoms with Crippen molar-refractivity contribution in [3.05, 3.63) is 59.2 Å². The molecule has 1 aliphatic rings. The average Bonchev–Trinajstić information content (AvgIpc) is 2.76. The normalized spacial score (nSPS) is 14.8. The minimum Gasteiger partial charge on any atom is -0.488 e. The molecule has 4 rings (SSSR count). The predicted octanol–water partition coefficient (Wildman–Crippen LogP) is 3.76. The van der Waals surface area contributed by atoms with Crippen LogP contribution in [0, 0.1) is 0 Å². The summed E-state index contributed by atoms with van der Waals surface area (Å²) in [5, 5.41) is 1.22. The van der Waals surface area contributed by atoms with Crippen LogP contribution < -0.4 is 15.2 Å². The minimum absolute atomic E-state index is 0.430. The Balaban J connectivity index is 1.55. The lowest BCUT2D eigenvalue weighted by atomic mass is 10.2. The van der Waals surface area contributed by atoms with Gasteiger partial charge in [-0.3, -0.25) is 9.88 Å². The summed E-state index contributed by atoms with van der Waals surface area (Å²) in [7, 11) is 0. The second kappa shape index (κ2) is 9.31. The summed E-state index contributed by atoms with van der Waals surface area (Å²) >= 11 is 6.39. The fourth-order valence-electron chi connectivity index (χ4n) is 3.25. The molecule has 2 N–H and O–H groups in total. The third kappa shape index (κ3) is 4.90. The molecule has 0 saturated carbocycles. The van der Waals surface area contributed by atoms with Gasteiger partial charge in [0, 0.05) is 31.1 Å². The monoisotopic (exact) mass is 413 g/mol. The Morgan fingerprint density at radius 3 is 2.62 bits per heavy atom. The summed E-state index contributed by atoms with van der Waals surface area (Å²) < 4.78 is 17.6. The number of hydrogen-bond acceptors (Lipinski definition) is 6. The number of fused-ring (bicyclic) bond motifs is 1. The molecule has 29 heavy (non-hydrogen) atoms. The maximum Gasteiger partial charge on any atom is 0.163 e. The Morgan fingerprint density at radius 2 is 1.83 bits per heavy atom. The van der Waals surface area contributed by atoms with E-state index in [9.17, 15) is 0 Å². The van der Waals surface area contributed by atoms with Crippen LogP contribution in [-0.2, 0) is 11.3 Å². The van der Waals surface area contributed by atoms with E-state index in [-0.39, 0.29) is 0 Å². The van der Waals surface area contributed by atoms with Crippen LogP contribution in [0.4, 0.5) is 5.69 Å². The van der Waals surface area contributed by atoms with Gasteiger partial charge < -0.3 is 19.9 Å². The van der Waals surface area contributed by atoms with Gasteiger partial charge in [-0.05, 0) is 11.6 Å². The van der Waals surface area contributed by atoms with E-state index >= 15 is 0 Å². The molecule has 0 unspecified atom stereocenters. The largest absolute Gasteiger partial charge is 0.488 e. The average molecular weight is 414 g/mol. The molecule has 6 nitrogen and oxygen atoms in total. The first-order valence-electron chi connectivity index (χ1n) is 9.68. The van der Waals surface area contributed by atoms with Gasteiger partial charge in [0.2, 0.25) is 0 Å². The summed E-state index contributed by atoms with van der Waals surface area (Å²) in [6.07, 6.45) is 1.56. The number of anilines is 1. The number of benzene rings is 2. The quantitative estimate of drug-likeness (QED) is 0.636. The molecule has 1 aliphatic heterocycles. The van der Waals surface area contributed by atoms with Crippen LogP contribution in [0.15, 0.2) is 48.7 Å². The molecular formula is C22H24ClN3O3.